The van der Waals surface area contributed by atoms with E-state index in [0.29, 0.717) is 5.92 Å². The second-order valence-corrected chi connectivity index (χ2v) is 3.71. The zero-order valence-electron chi connectivity index (χ0n) is 8.96. The first-order chi connectivity index (χ1) is 6.16. The van der Waals surface area contributed by atoms with E-state index in [0.717, 1.165) is 0 Å². The monoisotopic (exact) mass is 174 g/mol. The normalized spacial score (nSPS) is 12.2. The summed E-state index contributed by atoms with van der Waals surface area (Å²) in [6, 6.07) is 8.63. The molecule has 0 heterocycles. The molecular weight excluding hydrogens is 156 g/mol. The van der Waals surface area contributed by atoms with Crippen molar-refractivity contribution in [2.45, 2.75) is 33.6 Å². The maximum Gasteiger partial charge on any atom is -0.0196 e. The second kappa shape index (κ2) is 4.27. The summed E-state index contributed by atoms with van der Waals surface area (Å²) >= 11 is 0. The van der Waals surface area contributed by atoms with Gasteiger partial charge in [0.15, 0.2) is 0 Å². The van der Waals surface area contributed by atoms with Crippen LogP contribution in [0.3, 0.4) is 0 Å². The van der Waals surface area contributed by atoms with Gasteiger partial charge in [0, 0.05) is 0 Å². The highest BCUT2D eigenvalue weighted by Crippen LogP contribution is 2.24. The Balaban J connectivity index is 3.20. The average molecular weight is 174 g/mol. The van der Waals surface area contributed by atoms with Gasteiger partial charge in [0.05, 0.1) is 0 Å². The Morgan fingerprint density at radius 2 is 1.85 bits per heavy atom. The van der Waals surface area contributed by atoms with Crippen molar-refractivity contribution < 1.29 is 0 Å². The van der Waals surface area contributed by atoms with Crippen LogP contribution in [0.25, 0.3) is 5.57 Å². The van der Waals surface area contributed by atoms with E-state index in [1.165, 1.54) is 16.7 Å². The van der Waals surface area contributed by atoms with Crippen LogP contribution in [0, 0.1) is 0 Å². The summed E-state index contributed by atoms with van der Waals surface area (Å²) in [5, 5.41) is 0. The Bertz CT molecular complexity index is 306. The first-order valence-corrected chi connectivity index (χ1v) is 4.89. The lowest BCUT2D eigenvalue weighted by atomic mass is 9.93. The molecule has 0 atom stereocenters. The number of allylic oxidation sites excluding steroid dienone is 2. The second-order valence-electron chi connectivity index (χ2n) is 3.71. The summed E-state index contributed by atoms with van der Waals surface area (Å²) in [5.41, 5.74) is 4.20. The van der Waals surface area contributed by atoms with E-state index in [2.05, 4.69) is 58.0 Å². The van der Waals surface area contributed by atoms with Gasteiger partial charge in [0.25, 0.3) is 0 Å². The topological polar surface area (TPSA) is 0 Å². The molecule has 0 bridgehead atoms. The van der Waals surface area contributed by atoms with Gasteiger partial charge in [-0.1, -0.05) is 44.2 Å². The molecule has 0 aliphatic carbocycles. The van der Waals surface area contributed by atoms with Gasteiger partial charge < -0.3 is 0 Å². The van der Waals surface area contributed by atoms with E-state index >= 15 is 0 Å². The fourth-order valence-corrected chi connectivity index (χ4v) is 1.52. The van der Waals surface area contributed by atoms with E-state index in [-0.39, 0.29) is 0 Å². The minimum atomic E-state index is 0.603. The van der Waals surface area contributed by atoms with Crippen molar-refractivity contribution in [2.24, 2.45) is 0 Å². The Hall–Kier alpha value is -1.04. The molecule has 0 aliphatic rings. The van der Waals surface area contributed by atoms with Crippen LogP contribution in [0.1, 0.15) is 44.7 Å². The molecule has 70 valence electrons. The minimum Gasteiger partial charge on any atom is -0.0841 e. The Morgan fingerprint density at radius 1 is 1.23 bits per heavy atom. The number of benzene rings is 1. The number of hydrogen-bond acceptors (Lipinski definition) is 0. The van der Waals surface area contributed by atoms with Crippen molar-refractivity contribution in [2.75, 3.05) is 0 Å². The molecule has 0 aromatic heterocycles. The van der Waals surface area contributed by atoms with E-state index in [4.69, 9.17) is 0 Å². The molecule has 0 spiro atoms. The summed E-state index contributed by atoms with van der Waals surface area (Å²) < 4.78 is 0. The maximum absolute atomic E-state index is 2.24. The third-order valence-electron chi connectivity index (χ3n) is 2.44. The van der Waals surface area contributed by atoms with Crippen LogP contribution in [0.2, 0.25) is 0 Å². The van der Waals surface area contributed by atoms with E-state index in [9.17, 15) is 0 Å². The fourth-order valence-electron chi connectivity index (χ4n) is 1.52. The van der Waals surface area contributed by atoms with Crippen LogP contribution in [-0.4, -0.2) is 0 Å². The third-order valence-corrected chi connectivity index (χ3v) is 2.44. The Morgan fingerprint density at radius 3 is 2.38 bits per heavy atom. The predicted octanol–water partition coefficient (Wildman–Crippen LogP) is 4.23. The van der Waals surface area contributed by atoms with Crippen molar-refractivity contribution in [1.82, 2.24) is 0 Å². The average Bonchev–Trinajstić information content (AvgIpc) is 2.16. The molecule has 0 nitrogen and oxygen atoms in total. The van der Waals surface area contributed by atoms with Gasteiger partial charge in [-0.2, -0.15) is 0 Å². The molecule has 0 amide bonds. The smallest absolute Gasteiger partial charge is 0.0196 e. The summed E-state index contributed by atoms with van der Waals surface area (Å²) in [6.07, 6.45) is 2.17. The molecule has 0 heteroatoms. The van der Waals surface area contributed by atoms with Crippen LogP contribution in [0.4, 0.5) is 0 Å². The lowest BCUT2D eigenvalue weighted by molar-refractivity contribution is 0.862. The first kappa shape index (κ1) is 10.0. The Kier molecular flexibility index (Phi) is 3.30. The van der Waals surface area contributed by atoms with Gasteiger partial charge in [-0.3, -0.25) is 0 Å². The van der Waals surface area contributed by atoms with Gasteiger partial charge >= 0.3 is 0 Å². The lowest BCUT2D eigenvalue weighted by Crippen LogP contribution is -1.93. The molecule has 0 unspecified atom stereocenters. The molecule has 0 N–H and O–H groups in total. The maximum atomic E-state index is 2.24. The van der Waals surface area contributed by atoms with E-state index in [1.54, 1.807) is 0 Å². The molecule has 0 fully saturated rings. The quantitative estimate of drug-likeness (QED) is 0.629. The molecule has 1 aromatic rings. The van der Waals surface area contributed by atoms with Gasteiger partial charge in [0.2, 0.25) is 0 Å². The lowest BCUT2D eigenvalue weighted by Gasteiger charge is -2.12. The predicted molar refractivity (Wildman–Crippen MR) is 59.9 cm³/mol. The van der Waals surface area contributed by atoms with Gasteiger partial charge in [-0.25, -0.2) is 0 Å². The zero-order chi connectivity index (χ0) is 9.84. The molecule has 0 saturated heterocycles. The molecule has 0 saturated carbocycles. The van der Waals surface area contributed by atoms with Crippen molar-refractivity contribution in [1.29, 1.82) is 0 Å². The van der Waals surface area contributed by atoms with Crippen LogP contribution in [0.15, 0.2) is 30.3 Å². The number of hydrogen-bond donors (Lipinski definition) is 0. The fraction of sp³-hybridized carbons (Fsp3) is 0.385. The summed E-state index contributed by atoms with van der Waals surface area (Å²) in [7, 11) is 0. The van der Waals surface area contributed by atoms with Crippen LogP contribution in [0.5, 0.6) is 0 Å². The highest BCUT2D eigenvalue weighted by molar-refractivity contribution is 5.66. The van der Waals surface area contributed by atoms with E-state index in [1.807, 2.05) is 0 Å². The van der Waals surface area contributed by atoms with Crippen LogP contribution >= 0.6 is 0 Å². The van der Waals surface area contributed by atoms with E-state index < -0.39 is 0 Å². The van der Waals surface area contributed by atoms with Crippen LogP contribution in [-0.2, 0) is 0 Å². The Labute approximate surface area is 81.3 Å². The highest BCUT2D eigenvalue weighted by Gasteiger charge is 2.05. The molecule has 13 heavy (non-hydrogen) atoms. The molecule has 1 rings (SSSR count). The summed E-state index contributed by atoms with van der Waals surface area (Å²) in [6.45, 7) is 8.73. The SMILES string of the molecule is C/C=C(\C)c1ccccc1C(C)C. The standard InChI is InChI=1S/C13H18/c1-5-11(4)13-9-7-6-8-12(13)10(2)3/h5-10H,1-4H3/b11-5+. The van der Waals surface area contributed by atoms with Gasteiger partial charge in [0.1, 0.15) is 0 Å². The molecular formula is C13H18. The number of rotatable bonds is 2. The van der Waals surface area contributed by atoms with Crippen LogP contribution < -0.4 is 0 Å². The van der Waals surface area contributed by atoms with Crippen molar-refractivity contribution in [3.05, 3.63) is 41.5 Å². The van der Waals surface area contributed by atoms with Gasteiger partial charge in [-0.15, -0.1) is 0 Å². The molecule has 0 radical (unpaired) electrons. The van der Waals surface area contributed by atoms with Crippen molar-refractivity contribution in [3.8, 4) is 0 Å². The molecule has 1 aromatic carbocycles. The highest BCUT2D eigenvalue weighted by atomic mass is 14.1. The summed E-state index contributed by atoms with van der Waals surface area (Å²) in [5.74, 6) is 0.603. The van der Waals surface area contributed by atoms with Crippen molar-refractivity contribution in [3.63, 3.8) is 0 Å². The third kappa shape index (κ3) is 2.21. The van der Waals surface area contributed by atoms with Gasteiger partial charge in [-0.05, 0) is 36.5 Å². The largest absolute Gasteiger partial charge is 0.0841 e. The first-order valence-electron chi connectivity index (χ1n) is 4.89. The molecule has 0 aliphatic heterocycles. The minimum absolute atomic E-state index is 0.603. The summed E-state index contributed by atoms with van der Waals surface area (Å²) in [4.78, 5) is 0. The zero-order valence-corrected chi connectivity index (χ0v) is 8.96. The van der Waals surface area contributed by atoms with Crippen molar-refractivity contribution >= 4 is 5.57 Å².